The molecule has 3 rings (SSSR count). The monoisotopic (exact) mass is 333 g/mol. The van der Waals surface area contributed by atoms with Crippen LogP contribution in [0.4, 0.5) is 18.9 Å². The van der Waals surface area contributed by atoms with Crippen molar-refractivity contribution in [1.82, 2.24) is 9.88 Å². The lowest BCUT2D eigenvalue weighted by Gasteiger charge is -2.25. The van der Waals surface area contributed by atoms with Crippen molar-refractivity contribution in [3.63, 3.8) is 0 Å². The molecular formula is C15H19ClF3N3. The molecule has 0 atom stereocenters. The van der Waals surface area contributed by atoms with Crippen LogP contribution in [0.15, 0.2) is 30.5 Å². The lowest BCUT2D eigenvalue weighted by atomic mass is 10.1. The Morgan fingerprint density at radius 1 is 1.18 bits per heavy atom. The molecular weight excluding hydrogens is 315 g/mol. The molecule has 2 aromatic rings. The molecule has 0 amide bonds. The highest BCUT2D eigenvalue weighted by Crippen LogP contribution is 2.28. The first-order valence-electron chi connectivity index (χ1n) is 7.15. The van der Waals surface area contributed by atoms with E-state index in [0.29, 0.717) is 11.6 Å². The van der Waals surface area contributed by atoms with Crippen molar-refractivity contribution in [3.8, 4) is 0 Å². The second-order valence-corrected chi connectivity index (χ2v) is 5.47. The fourth-order valence-corrected chi connectivity index (χ4v) is 2.87. The van der Waals surface area contributed by atoms with Crippen molar-refractivity contribution in [2.45, 2.75) is 31.6 Å². The highest BCUT2D eigenvalue weighted by molar-refractivity contribution is 5.92. The molecule has 0 unspecified atom stereocenters. The SMILES string of the molecule is Cl.FC(F)(F)Cn1ccc2c(NC3CCNCC3)cccc21. The van der Waals surface area contributed by atoms with Crippen molar-refractivity contribution in [1.29, 1.82) is 0 Å². The van der Waals surface area contributed by atoms with Crippen LogP contribution in [0.2, 0.25) is 0 Å². The summed E-state index contributed by atoms with van der Waals surface area (Å²) in [5.74, 6) is 0. The summed E-state index contributed by atoms with van der Waals surface area (Å²) in [6, 6.07) is 7.60. The van der Waals surface area contributed by atoms with E-state index in [-0.39, 0.29) is 12.4 Å². The van der Waals surface area contributed by atoms with Gasteiger partial charge in [-0.05, 0) is 44.1 Å². The van der Waals surface area contributed by atoms with Gasteiger partial charge in [-0.25, -0.2) is 0 Å². The number of anilines is 1. The van der Waals surface area contributed by atoms with Gasteiger partial charge in [-0.2, -0.15) is 13.2 Å². The van der Waals surface area contributed by atoms with E-state index >= 15 is 0 Å². The quantitative estimate of drug-likeness (QED) is 0.894. The Balaban J connectivity index is 0.00000176. The number of piperidine rings is 1. The maximum atomic E-state index is 12.6. The Bertz CT molecular complexity index is 618. The number of nitrogens with one attached hydrogen (secondary N) is 2. The fraction of sp³-hybridized carbons (Fsp3) is 0.467. The lowest BCUT2D eigenvalue weighted by molar-refractivity contribution is -0.139. The molecule has 1 saturated heterocycles. The molecule has 0 radical (unpaired) electrons. The van der Waals surface area contributed by atoms with Gasteiger partial charge < -0.3 is 15.2 Å². The smallest absolute Gasteiger partial charge is 0.382 e. The Hall–Kier alpha value is -1.40. The van der Waals surface area contributed by atoms with E-state index in [1.54, 1.807) is 18.2 Å². The predicted molar refractivity (Wildman–Crippen MR) is 84.8 cm³/mol. The van der Waals surface area contributed by atoms with Gasteiger partial charge in [-0.15, -0.1) is 12.4 Å². The maximum Gasteiger partial charge on any atom is 0.406 e. The minimum absolute atomic E-state index is 0. The molecule has 1 aliphatic rings. The molecule has 1 aliphatic heterocycles. The third-order valence-electron chi connectivity index (χ3n) is 3.86. The molecule has 0 bridgehead atoms. The highest BCUT2D eigenvalue weighted by Gasteiger charge is 2.28. The first-order valence-corrected chi connectivity index (χ1v) is 7.15. The van der Waals surface area contributed by atoms with E-state index in [2.05, 4.69) is 10.6 Å². The van der Waals surface area contributed by atoms with E-state index in [4.69, 9.17) is 0 Å². The van der Waals surface area contributed by atoms with Crippen molar-refractivity contribution >= 4 is 29.0 Å². The van der Waals surface area contributed by atoms with Crippen LogP contribution in [-0.4, -0.2) is 29.9 Å². The standard InChI is InChI=1S/C15H18F3N3.ClH/c16-15(17,18)10-21-9-6-12-13(2-1-3-14(12)21)20-11-4-7-19-8-5-11;/h1-3,6,9,11,19-20H,4-5,7-8,10H2;1H. The molecule has 7 heteroatoms. The van der Waals surface area contributed by atoms with E-state index in [1.165, 1.54) is 10.8 Å². The van der Waals surface area contributed by atoms with E-state index in [0.717, 1.165) is 37.0 Å². The Labute approximate surface area is 133 Å². The zero-order valence-electron chi connectivity index (χ0n) is 12.0. The van der Waals surface area contributed by atoms with Crippen molar-refractivity contribution in [3.05, 3.63) is 30.5 Å². The molecule has 122 valence electrons. The normalized spacial score (nSPS) is 16.5. The minimum atomic E-state index is -4.20. The number of fused-ring (bicyclic) bond motifs is 1. The summed E-state index contributed by atoms with van der Waals surface area (Å²) in [5.41, 5.74) is 1.53. The van der Waals surface area contributed by atoms with E-state index in [9.17, 15) is 13.2 Å². The summed E-state index contributed by atoms with van der Waals surface area (Å²) >= 11 is 0. The largest absolute Gasteiger partial charge is 0.406 e. The van der Waals surface area contributed by atoms with Gasteiger partial charge in [0.25, 0.3) is 0 Å². The molecule has 2 N–H and O–H groups in total. The van der Waals surface area contributed by atoms with Crippen LogP contribution in [-0.2, 0) is 6.54 Å². The van der Waals surface area contributed by atoms with Gasteiger partial charge in [0.1, 0.15) is 6.54 Å². The molecule has 1 aromatic carbocycles. The summed E-state index contributed by atoms with van der Waals surface area (Å²) in [6.45, 7) is 0.999. The second kappa shape index (κ2) is 6.79. The molecule has 0 aliphatic carbocycles. The summed E-state index contributed by atoms with van der Waals surface area (Å²) in [4.78, 5) is 0. The van der Waals surface area contributed by atoms with Gasteiger partial charge in [0.05, 0.1) is 5.52 Å². The number of hydrogen-bond donors (Lipinski definition) is 2. The number of hydrogen-bond acceptors (Lipinski definition) is 2. The number of rotatable bonds is 3. The average Bonchev–Trinajstić information content (AvgIpc) is 2.82. The third-order valence-corrected chi connectivity index (χ3v) is 3.86. The molecule has 0 spiro atoms. The van der Waals surface area contributed by atoms with Gasteiger partial charge in [-0.3, -0.25) is 0 Å². The van der Waals surface area contributed by atoms with E-state index < -0.39 is 12.7 Å². The van der Waals surface area contributed by atoms with Crippen LogP contribution in [0.3, 0.4) is 0 Å². The third kappa shape index (κ3) is 3.87. The topological polar surface area (TPSA) is 29.0 Å². The van der Waals surface area contributed by atoms with Crippen LogP contribution in [0, 0.1) is 0 Å². The van der Waals surface area contributed by atoms with Crippen molar-refractivity contribution in [2.24, 2.45) is 0 Å². The first-order chi connectivity index (χ1) is 10.0. The van der Waals surface area contributed by atoms with Crippen LogP contribution in [0.5, 0.6) is 0 Å². The average molecular weight is 334 g/mol. The number of nitrogens with zero attached hydrogens (tertiary/aromatic N) is 1. The molecule has 2 heterocycles. The fourth-order valence-electron chi connectivity index (χ4n) is 2.87. The Morgan fingerprint density at radius 3 is 2.59 bits per heavy atom. The van der Waals surface area contributed by atoms with Crippen molar-refractivity contribution < 1.29 is 13.2 Å². The van der Waals surface area contributed by atoms with Crippen LogP contribution >= 0.6 is 12.4 Å². The predicted octanol–water partition coefficient (Wildman–Crippen LogP) is 3.79. The lowest BCUT2D eigenvalue weighted by Crippen LogP contribution is -2.35. The molecule has 1 fully saturated rings. The number of benzene rings is 1. The Morgan fingerprint density at radius 2 is 1.91 bits per heavy atom. The Kier molecular flexibility index (Phi) is 5.24. The van der Waals surface area contributed by atoms with Crippen LogP contribution in [0.1, 0.15) is 12.8 Å². The van der Waals surface area contributed by atoms with Gasteiger partial charge >= 0.3 is 6.18 Å². The minimum Gasteiger partial charge on any atom is -0.382 e. The molecule has 22 heavy (non-hydrogen) atoms. The summed E-state index contributed by atoms with van der Waals surface area (Å²) < 4.78 is 39.0. The molecule has 3 nitrogen and oxygen atoms in total. The van der Waals surface area contributed by atoms with Crippen molar-refractivity contribution in [2.75, 3.05) is 18.4 Å². The first kappa shape index (κ1) is 17.0. The summed E-state index contributed by atoms with van der Waals surface area (Å²) in [7, 11) is 0. The zero-order valence-corrected chi connectivity index (χ0v) is 12.8. The molecule has 0 saturated carbocycles. The maximum absolute atomic E-state index is 12.6. The van der Waals surface area contributed by atoms with Gasteiger partial charge in [-0.1, -0.05) is 6.07 Å². The van der Waals surface area contributed by atoms with Crippen LogP contribution in [0.25, 0.3) is 10.9 Å². The number of halogens is 4. The van der Waals surface area contributed by atoms with Gasteiger partial charge in [0, 0.05) is 23.3 Å². The highest BCUT2D eigenvalue weighted by atomic mass is 35.5. The number of alkyl halides is 3. The number of aromatic nitrogens is 1. The van der Waals surface area contributed by atoms with Crippen LogP contribution < -0.4 is 10.6 Å². The van der Waals surface area contributed by atoms with Gasteiger partial charge in [0.15, 0.2) is 0 Å². The summed E-state index contributed by atoms with van der Waals surface area (Å²) in [5, 5.41) is 7.61. The molecule has 1 aromatic heterocycles. The van der Waals surface area contributed by atoms with Gasteiger partial charge in [0.2, 0.25) is 0 Å². The summed E-state index contributed by atoms with van der Waals surface area (Å²) in [6.07, 6.45) is -0.643. The second-order valence-electron chi connectivity index (χ2n) is 5.47. The van der Waals surface area contributed by atoms with E-state index in [1.807, 2.05) is 6.07 Å². The zero-order chi connectivity index (χ0) is 14.9.